The number of aromatic hydroxyl groups is 1. The van der Waals surface area contributed by atoms with Crippen molar-refractivity contribution in [3.05, 3.63) is 40.0 Å². The van der Waals surface area contributed by atoms with Gasteiger partial charge in [-0.2, -0.15) is 0 Å². The van der Waals surface area contributed by atoms with Gasteiger partial charge < -0.3 is 10.2 Å². The fraction of sp³-hybridized carbons (Fsp3) is 0.680. The molecule has 0 spiro atoms. The summed E-state index contributed by atoms with van der Waals surface area (Å²) in [6.45, 7) is 6.69. The number of benzene rings is 1. The molecule has 0 heterocycles. The van der Waals surface area contributed by atoms with Gasteiger partial charge in [0.25, 0.3) is 0 Å². The molecule has 4 rings (SSSR count). The Kier molecular flexibility index (Phi) is 4.91. The fourth-order valence-electron chi connectivity index (χ4n) is 6.81. The number of hydrogen-bond donors (Lipinski definition) is 2. The van der Waals surface area contributed by atoms with Crippen LogP contribution in [0.2, 0.25) is 0 Å². The number of phenolic OH excluding ortho intramolecular Hbond substituents is 1. The van der Waals surface area contributed by atoms with Crippen LogP contribution in [0.4, 0.5) is 0 Å². The van der Waals surface area contributed by atoms with Crippen LogP contribution in [0.25, 0.3) is 0 Å². The van der Waals surface area contributed by atoms with Crippen molar-refractivity contribution >= 4 is 0 Å². The van der Waals surface area contributed by atoms with E-state index in [0.29, 0.717) is 5.75 Å². The SMILES string of the molecule is CCCCCC12CCC3(CC)C(=C1C[C@@H](O)C2)CCc1c3ccc(O)c1C. The van der Waals surface area contributed by atoms with Gasteiger partial charge in [-0.1, -0.05) is 50.3 Å². The monoisotopic (exact) mass is 368 g/mol. The molecule has 3 aliphatic rings. The number of aliphatic hydroxyl groups excluding tert-OH is 1. The molecule has 1 aromatic carbocycles. The molecule has 1 fully saturated rings. The summed E-state index contributed by atoms with van der Waals surface area (Å²) >= 11 is 0. The molecule has 0 bridgehead atoms. The topological polar surface area (TPSA) is 40.5 Å². The van der Waals surface area contributed by atoms with E-state index in [1.54, 1.807) is 11.1 Å². The molecular weight excluding hydrogens is 332 g/mol. The highest BCUT2D eigenvalue weighted by Gasteiger charge is 2.53. The zero-order chi connectivity index (χ0) is 19.2. The van der Waals surface area contributed by atoms with Crippen molar-refractivity contribution < 1.29 is 10.2 Å². The Bertz CT molecular complexity index is 762. The van der Waals surface area contributed by atoms with E-state index in [1.165, 1.54) is 49.7 Å². The predicted molar refractivity (Wildman–Crippen MR) is 111 cm³/mol. The molecule has 0 saturated heterocycles. The number of unbranched alkanes of at least 4 members (excludes halogenated alkanes) is 2. The van der Waals surface area contributed by atoms with Gasteiger partial charge in [-0.25, -0.2) is 0 Å². The van der Waals surface area contributed by atoms with Crippen molar-refractivity contribution in [2.24, 2.45) is 5.41 Å². The van der Waals surface area contributed by atoms with Crippen LogP contribution in [-0.2, 0) is 11.8 Å². The first-order chi connectivity index (χ1) is 13.0. The Balaban J connectivity index is 1.83. The minimum Gasteiger partial charge on any atom is -0.508 e. The van der Waals surface area contributed by atoms with Crippen LogP contribution in [0.5, 0.6) is 5.75 Å². The van der Waals surface area contributed by atoms with E-state index in [-0.39, 0.29) is 16.9 Å². The summed E-state index contributed by atoms with van der Waals surface area (Å²) in [4.78, 5) is 0. The first-order valence-electron chi connectivity index (χ1n) is 11.2. The van der Waals surface area contributed by atoms with Crippen molar-refractivity contribution in [3.63, 3.8) is 0 Å². The van der Waals surface area contributed by atoms with Gasteiger partial charge in [0.15, 0.2) is 0 Å². The Morgan fingerprint density at radius 3 is 2.63 bits per heavy atom. The number of fused-ring (bicyclic) bond motifs is 4. The Hall–Kier alpha value is -1.28. The van der Waals surface area contributed by atoms with Gasteiger partial charge in [0.2, 0.25) is 0 Å². The molecule has 27 heavy (non-hydrogen) atoms. The van der Waals surface area contributed by atoms with Crippen LogP contribution in [0, 0.1) is 12.3 Å². The van der Waals surface area contributed by atoms with Crippen LogP contribution in [0.1, 0.15) is 94.7 Å². The highest BCUT2D eigenvalue weighted by Crippen LogP contribution is 2.63. The third kappa shape index (κ3) is 2.78. The van der Waals surface area contributed by atoms with Crippen molar-refractivity contribution in [3.8, 4) is 5.75 Å². The molecule has 2 nitrogen and oxygen atoms in total. The molecule has 0 radical (unpaired) electrons. The molecule has 3 aliphatic carbocycles. The average Bonchev–Trinajstić information content (AvgIpc) is 3.00. The largest absolute Gasteiger partial charge is 0.508 e. The van der Waals surface area contributed by atoms with Crippen LogP contribution < -0.4 is 0 Å². The smallest absolute Gasteiger partial charge is 0.118 e. The van der Waals surface area contributed by atoms with Crippen LogP contribution in [-0.4, -0.2) is 16.3 Å². The lowest BCUT2D eigenvalue weighted by molar-refractivity contribution is 0.141. The lowest BCUT2D eigenvalue weighted by atomic mass is 9.53. The van der Waals surface area contributed by atoms with Gasteiger partial charge in [0.05, 0.1) is 6.10 Å². The van der Waals surface area contributed by atoms with E-state index in [4.69, 9.17) is 0 Å². The second kappa shape index (κ2) is 6.95. The molecule has 2 heteroatoms. The van der Waals surface area contributed by atoms with E-state index >= 15 is 0 Å². The van der Waals surface area contributed by atoms with E-state index < -0.39 is 0 Å². The minimum absolute atomic E-state index is 0.139. The van der Waals surface area contributed by atoms with E-state index in [1.807, 2.05) is 6.07 Å². The third-order valence-electron chi connectivity index (χ3n) is 8.25. The molecule has 0 amide bonds. The second-order valence-corrected chi connectivity index (χ2v) is 9.43. The standard InChI is InChI=1S/C25H36O2/c1-4-6-7-12-24-13-14-25(5-2)20-10-11-23(27)17(3)19(20)8-9-21(25)22(24)15-18(26)16-24/h10-11,18,26-27H,4-9,12-16H2,1-3H3/t18-,24?,25?/m1/s1. The van der Waals surface area contributed by atoms with Crippen LogP contribution in [0.15, 0.2) is 23.3 Å². The van der Waals surface area contributed by atoms with Gasteiger partial charge in [0, 0.05) is 5.41 Å². The summed E-state index contributed by atoms with van der Waals surface area (Å²) in [5.74, 6) is 0.442. The van der Waals surface area contributed by atoms with E-state index in [2.05, 4.69) is 26.8 Å². The van der Waals surface area contributed by atoms with Crippen molar-refractivity contribution in [1.82, 2.24) is 0 Å². The van der Waals surface area contributed by atoms with Gasteiger partial charge in [-0.15, -0.1) is 0 Å². The van der Waals surface area contributed by atoms with Crippen LogP contribution in [0.3, 0.4) is 0 Å². The molecule has 0 aromatic heterocycles. The molecule has 2 unspecified atom stereocenters. The number of rotatable bonds is 5. The number of hydrogen-bond acceptors (Lipinski definition) is 2. The first-order valence-corrected chi connectivity index (χ1v) is 11.2. The lowest BCUT2D eigenvalue weighted by Gasteiger charge is -2.51. The second-order valence-electron chi connectivity index (χ2n) is 9.43. The highest BCUT2D eigenvalue weighted by atomic mass is 16.3. The summed E-state index contributed by atoms with van der Waals surface area (Å²) < 4.78 is 0. The molecule has 1 aromatic rings. The summed E-state index contributed by atoms with van der Waals surface area (Å²) in [5, 5.41) is 20.9. The van der Waals surface area contributed by atoms with E-state index in [0.717, 1.165) is 37.7 Å². The highest BCUT2D eigenvalue weighted by molar-refractivity contribution is 5.56. The number of aliphatic hydroxyl groups is 1. The molecule has 3 atom stereocenters. The van der Waals surface area contributed by atoms with Gasteiger partial charge in [-0.3, -0.25) is 0 Å². The quantitative estimate of drug-likeness (QED) is 0.486. The van der Waals surface area contributed by atoms with Crippen molar-refractivity contribution in [1.29, 1.82) is 0 Å². The summed E-state index contributed by atoms with van der Waals surface area (Å²) in [5.41, 5.74) is 7.65. The number of phenols is 1. The summed E-state index contributed by atoms with van der Waals surface area (Å²) in [6, 6.07) is 4.11. The number of allylic oxidation sites excluding steroid dienone is 1. The Labute approximate surface area is 164 Å². The van der Waals surface area contributed by atoms with Gasteiger partial charge in [0.1, 0.15) is 5.75 Å². The maximum Gasteiger partial charge on any atom is 0.118 e. The summed E-state index contributed by atoms with van der Waals surface area (Å²) in [7, 11) is 0. The Morgan fingerprint density at radius 2 is 1.89 bits per heavy atom. The average molecular weight is 369 g/mol. The maximum atomic E-state index is 10.6. The maximum absolute atomic E-state index is 10.6. The van der Waals surface area contributed by atoms with Crippen LogP contribution >= 0.6 is 0 Å². The fourth-order valence-corrected chi connectivity index (χ4v) is 6.81. The van der Waals surface area contributed by atoms with Gasteiger partial charge in [-0.05, 0) is 86.5 Å². The van der Waals surface area contributed by atoms with Crippen molar-refractivity contribution in [2.45, 2.75) is 103 Å². The minimum atomic E-state index is -0.148. The molecule has 148 valence electrons. The lowest BCUT2D eigenvalue weighted by Crippen LogP contribution is -2.41. The first kappa shape index (κ1) is 19.1. The zero-order valence-electron chi connectivity index (χ0n) is 17.4. The third-order valence-corrected chi connectivity index (χ3v) is 8.25. The normalized spacial score (nSPS) is 32.2. The molecule has 2 N–H and O–H groups in total. The molecule has 1 saturated carbocycles. The predicted octanol–water partition coefficient (Wildman–Crippen LogP) is 6.11. The summed E-state index contributed by atoms with van der Waals surface area (Å²) in [6.07, 6.45) is 12.6. The molecule has 0 aliphatic heterocycles. The van der Waals surface area contributed by atoms with Crippen molar-refractivity contribution in [2.75, 3.05) is 0 Å². The van der Waals surface area contributed by atoms with E-state index in [9.17, 15) is 10.2 Å². The Morgan fingerprint density at radius 1 is 1.07 bits per heavy atom. The molecular formula is C25H36O2. The zero-order valence-corrected chi connectivity index (χ0v) is 17.4. The van der Waals surface area contributed by atoms with Gasteiger partial charge >= 0.3 is 0 Å².